The van der Waals surface area contributed by atoms with E-state index in [1.54, 1.807) is 6.20 Å². The highest BCUT2D eigenvalue weighted by Crippen LogP contribution is 2.11. The predicted octanol–water partition coefficient (Wildman–Crippen LogP) is 1.76. The summed E-state index contributed by atoms with van der Waals surface area (Å²) in [5.74, 6) is 0.459. The molecule has 7 heteroatoms. The van der Waals surface area contributed by atoms with Gasteiger partial charge in [0.25, 0.3) is 0 Å². The number of aliphatic imine (C=N–C) groups is 1. The van der Waals surface area contributed by atoms with Crippen LogP contribution in [0.5, 0.6) is 0 Å². The van der Waals surface area contributed by atoms with Gasteiger partial charge in [0.15, 0.2) is 12.4 Å². The van der Waals surface area contributed by atoms with E-state index >= 15 is 0 Å². The summed E-state index contributed by atoms with van der Waals surface area (Å²) in [5, 5.41) is 1.50. The van der Waals surface area contributed by atoms with Crippen LogP contribution in [-0.4, -0.2) is 35.7 Å². The van der Waals surface area contributed by atoms with Gasteiger partial charge in [0.05, 0.1) is 13.7 Å². The Morgan fingerprint density at radius 3 is 2.94 bits per heavy atom. The van der Waals surface area contributed by atoms with Gasteiger partial charge in [0.1, 0.15) is 4.60 Å². The Bertz CT molecular complexity index is 447. The van der Waals surface area contributed by atoms with E-state index in [0.717, 1.165) is 10.2 Å². The number of carbonyl (C=O) groups is 1. The predicted molar refractivity (Wildman–Crippen MR) is 63.3 cm³/mol. The zero-order valence-corrected chi connectivity index (χ0v) is 10.7. The highest BCUT2D eigenvalue weighted by atomic mass is 79.9. The van der Waals surface area contributed by atoms with Crippen molar-refractivity contribution < 1.29 is 14.4 Å². The Kier molecular flexibility index (Phi) is 3.70. The molecule has 1 aliphatic rings. The lowest BCUT2D eigenvalue weighted by Gasteiger charge is -2.19. The monoisotopic (exact) mass is 299 g/mol. The van der Waals surface area contributed by atoms with Crippen molar-refractivity contribution in [3.8, 4) is 0 Å². The quantitative estimate of drug-likeness (QED) is 0.628. The Balaban J connectivity index is 2.07. The summed E-state index contributed by atoms with van der Waals surface area (Å²) in [4.78, 5) is 23.8. The number of halogens is 1. The molecule has 0 aliphatic carbocycles. The van der Waals surface area contributed by atoms with Gasteiger partial charge in [0, 0.05) is 6.20 Å². The van der Waals surface area contributed by atoms with Crippen LogP contribution < -0.4 is 0 Å². The molecule has 2 rings (SSSR count). The first-order valence-electron chi connectivity index (χ1n) is 4.85. The number of nitrogens with zero attached hydrogens (tertiary/aromatic N) is 3. The lowest BCUT2D eigenvalue weighted by Crippen LogP contribution is -2.30. The maximum absolute atomic E-state index is 10.9. The molecule has 0 saturated carbocycles. The fourth-order valence-electron chi connectivity index (χ4n) is 1.35. The van der Waals surface area contributed by atoms with Crippen LogP contribution in [0, 0.1) is 0 Å². The van der Waals surface area contributed by atoms with Gasteiger partial charge < -0.3 is 4.74 Å². The van der Waals surface area contributed by atoms with Crippen LogP contribution in [0.15, 0.2) is 27.9 Å². The summed E-state index contributed by atoms with van der Waals surface area (Å²) in [6.07, 6.45) is 1.13. The van der Waals surface area contributed by atoms with Crippen molar-refractivity contribution >= 4 is 27.9 Å². The average Bonchev–Trinajstić information content (AvgIpc) is 2.75. The third kappa shape index (κ3) is 3.01. The van der Waals surface area contributed by atoms with Crippen LogP contribution in [0.25, 0.3) is 0 Å². The van der Waals surface area contributed by atoms with Crippen LogP contribution >= 0.6 is 15.9 Å². The normalized spacial score (nSPS) is 14.5. The first kappa shape index (κ1) is 12.0. The maximum Gasteiger partial charge on any atom is 0.435 e. The minimum Gasteiger partial charge on any atom is -0.440 e. The number of pyridine rings is 1. The summed E-state index contributed by atoms with van der Waals surface area (Å²) in [6.45, 7) is 0.586. The number of ether oxygens (including phenoxy) is 1. The van der Waals surface area contributed by atoms with Gasteiger partial charge in [-0.3, -0.25) is 4.84 Å². The van der Waals surface area contributed by atoms with Gasteiger partial charge in [-0.25, -0.2) is 14.8 Å². The molecule has 0 aromatic carbocycles. The van der Waals surface area contributed by atoms with Gasteiger partial charge in [-0.05, 0) is 27.6 Å². The number of hydrogen-bond acceptors (Lipinski definition) is 5. The van der Waals surface area contributed by atoms with E-state index in [1.165, 1.54) is 12.2 Å². The molecule has 0 radical (unpaired) electrons. The summed E-state index contributed by atoms with van der Waals surface area (Å²) in [6, 6.07) is 3.74. The number of rotatable bonds is 3. The minimum atomic E-state index is -0.587. The van der Waals surface area contributed by atoms with Gasteiger partial charge in [-0.15, -0.1) is 0 Å². The van der Waals surface area contributed by atoms with Crippen molar-refractivity contribution in [1.29, 1.82) is 0 Å². The fourth-order valence-corrected chi connectivity index (χ4v) is 1.59. The first-order chi connectivity index (χ1) is 8.19. The average molecular weight is 300 g/mol. The van der Waals surface area contributed by atoms with Crippen LogP contribution in [0.1, 0.15) is 5.56 Å². The van der Waals surface area contributed by atoms with Gasteiger partial charge in [-0.2, -0.15) is 4.99 Å². The van der Waals surface area contributed by atoms with Crippen LogP contribution in [0.3, 0.4) is 0 Å². The molecule has 0 atom stereocenters. The molecular weight excluding hydrogens is 290 g/mol. The molecular formula is C10H10BrN3O3. The molecule has 6 nitrogen and oxygen atoms in total. The SMILES string of the molecule is CON(Cc1ccc(Br)nc1)C1=NC(=O)OC1. The van der Waals surface area contributed by atoms with Gasteiger partial charge in [0.2, 0.25) is 0 Å². The zero-order valence-electron chi connectivity index (χ0n) is 9.09. The molecule has 0 saturated heterocycles. The molecule has 0 N–H and O–H groups in total. The highest BCUT2D eigenvalue weighted by molar-refractivity contribution is 9.10. The number of cyclic esters (lactones) is 1. The molecule has 1 aromatic heterocycles. The van der Waals surface area contributed by atoms with Gasteiger partial charge >= 0.3 is 6.09 Å². The lowest BCUT2D eigenvalue weighted by atomic mass is 10.3. The molecule has 0 bridgehead atoms. The van der Waals surface area contributed by atoms with Crippen molar-refractivity contribution in [3.05, 3.63) is 28.5 Å². The molecule has 1 amide bonds. The van der Waals surface area contributed by atoms with Gasteiger partial charge in [-0.1, -0.05) is 6.07 Å². The first-order valence-corrected chi connectivity index (χ1v) is 5.65. The second kappa shape index (κ2) is 5.24. The smallest absolute Gasteiger partial charge is 0.435 e. The fraction of sp³-hybridized carbons (Fsp3) is 0.300. The van der Waals surface area contributed by atoms with Crippen LogP contribution in [0.2, 0.25) is 0 Å². The maximum atomic E-state index is 10.9. The lowest BCUT2D eigenvalue weighted by molar-refractivity contribution is -0.0744. The van der Waals surface area contributed by atoms with E-state index < -0.39 is 6.09 Å². The van der Waals surface area contributed by atoms with Crippen molar-refractivity contribution in [2.24, 2.45) is 4.99 Å². The molecule has 90 valence electrons. The van der Waals surface area contributed by atoms with E-state index in [2.05, 4.69) is 25.9 Å². The summed E-state index contributed by atoms with van der Waals surface area (Å²) >= 11 is 3.26. The number of amidine groups is 1. The Morgan fingerprint density at radius 1 is 1.59 bits per heavy atom. The molecule has 1 aromatic rings. The van der Waals surface area contributed by atoms with Crippen molar-refractivity contribution in [3.63, 3.8) is 0 Å². The van der Waals surface area contributed by atoms with Crippen molar-refractivity contribution in [2.75, 3.05) is 13.7 Å². The summed E-state index contributed by atoms with van der Waals surface area (Å²) in [5.41, 5.74) is 0.942. The number of hydroxylamine groups is 2. The van der Waals surface area contributed by atoms with Crippen molar-refractivity contribution in [1.82, 2.24) is 10.0 Å². The molecule has 0 fully saturated rings. The molecule has 0 spiro atoms. The summed E-state index contributed by atoms with van der Waals surface area (Å²) in [7, 11) is 1.51. The Labute approximate surface area is 106 Å². The van der Waals surface area contributed by atoms with E-state index in [4.69, 9.17) is 9.57 Å². The topological polar surface area (TPSA) is 64.0 Å². The van der Waals surface area contributed by atoms with E-state index in [-0.39, 0.29) is 6.61 Å². The van der Waals surface area contributed by atoms with E-state index in [1.807, 2.05) is 12.1 Å². The molecule has 1 aliphatic heterocycles. The number of hydrogen-bond donors (Lipinski definition) is 0. The number of aromatic nitrogens is 1. The zero-order chi connectivity index (χ0) is 12.3. The third-order valence-corrected chi connectivity index (χ3v) is 2.64. The Hall–Kier alpha value is -1.47. The van der Waals surface area contributed by atoms with Crippen LogP contribution in [0.4, 0.5) is 4.79 Å². The second-order valence-corrected chi connectivity index (χ2v) is 4.10. The molecule has 0 unspecified atom stereocenters. The molecule has 17 heavy (non-hydrogen) atoms. The second-order valence-electron chi connectivity index (χ2n) is 3.29. The highest BCUT2D eigenvalue weighted by Gasteiger charge is 2.21. The summed E-state index contributed by atoms with van der Waals surface area (Å²) < 4.78 is 5.48. The van der Waals surface area contributed by atoms with Crippen molar-refractivity contribution in [2.45, 2.75) is 6.54 Å². The third-order valence-electron chi connectivity index (χ3n) is 2.17. The standard InChI is InChI=1S/C10H10BrN3O3/c1-16-14(9-6-17-10(15)13-9)5-7-2-3-8(11)12-4-7/h2-4H,5-6H2,1H3. The Morgan fingerprint density at radius 2 is 2.41 bits per heavy atom. The van der Waals surface area contributed by atoms with E-state index in [9.17, 15) is 4.79 Å². The molecule has 2 heterocycles. The van der Waals surface area contributed by atoms with E-state index in [0.29, 0.717) is 12.4 Å². The largest absolute Gasteiger partial charge is 0.440 e. The number of amides is 1. The number of carbonyl (C=O) groups excluding carboxylic acids is 1. The minimum absolute atomic E-state index is 0.136. The van der Waals surface area contributed by atoms with Crippen LogP contribution in [-0.2, 0) is 16.1 Å².